The van der Waals surface area contributed by atoms with E-state index >= 15 is 0 Å². The maximum absolute atomic E-state index is 12.0. The lowest BCUT2D eigenvalue weighted by atomic mass is 10.0. The fraction of sp³-hybridized carbons (Fsp3) is 0.692. The van der Waals surface area contributed by atoms with Crippen LogP contribution in [0.1, 0.15) is 19.3 Å². The molecule has 0 aromatic carbocycles. The van der Waals surface area contributed by atoms with E-state index in [0.29, 0.717) is 16.2 Å². The third-order valence-electron chi connectivity index (χ3n) is 3.75. The third kappa shape index (κ3) is 3.59. The second kappa shape index (κ2) is 7.19. The zero-order valence-electron chi connectivity index (χ0n) is 11.7. The van der Waals surface area contributed by atoms with Crippen molar-refractivity contribution in [3.8, 4) is 0 Å². The summed E-state index contributed by atoms with van der Waals surface area (Å²) >= 11 is 3.31. The summed E-state index contributed by atoms with van der Waals surface area (Å²) in [7, 11) is 2.14. The predicted molar refractivity (Wildman–Crippen MR) is 82.0 cm³/mol. The highest BCUT2D eigenvalue weighted by molar-refractivity contribution is 9.10. The Morgan fingerprint density at radius 2 is 2.35 bits per heavy atom. The number of hydrogen-bond acceptors (Lipinski definition) is 5. The summed E-state index contributed by atoms with van der Waals surface area (Å²) in [6.45, 7) is 2.05. The van der Waals surface area contributed by atoms with Crippen LogP contribution in [-0.2, 0) is 6.54 Å². The molecule has 6 nitrogen and oxygen atoms in total. The van der Waals surface area contributed by atoms with E-state index in [1.165, 1.54) is 23.9 Å². The molecule has 1 aliphatic rings. The maximum Gasteiger partial charge on any atom is 0.283 e. The molecule has 0 saturated carbocycles. The molecule has 2 rings (SSSR count). The summed E-state index contributed by atoms with van der Waals surface area (Å²) in [5, 5.41) is 16.2. The highest BCUT2D eigenvalue weighted by Gasteiger charge is 2.19. The van der Waals surface area contributed by atoms with E-state index in [2.05, 4.69) is 38.3 Å². The number of anilines is 1. The number of nitrogens with zero attached hydrogens (tertiary/aromatic N) is 3. The van der Waals surface area contributed by atoms with Gasteiger partial charge in [0.1, 0.15) is 4.47 Å². The van der Waals surface area contributed by atoms with Crippen molar-refractivity contribution in [2.75, 3.05) is 32.1 Å². The molecular weight excluding hydrogens is 324 g/mol. The second-order valence-corrected chi connectivity index (χ2v) is 5.93. The number of halogens is 1. The first-order chi connectivity index (χ1) is 9.63. The predicted octanol–water partition coefficient (Wildman–Crippen LogP) is 0.894. The first-order valence-electron chi connectivity index (χ1n) is 6.94. The number of hydrogen-bond donors (Lipinski definition) is 2. The molecule has 0 bridgehead atoms. The molecule has 1 fully saturated rings. The van der Waals surface area contributed by atoms with Gasteiger partial charge in [-0.05, 0) is 42.4 Å². The van der Waals surface area contributed by atoms with Gasteiger partial charge in [0.15, 0.2) is 0 Å². The Kier molecular flexibility index (Phi) is 5.56. The number of rotatable bonds is 5. The van der Waals surface area contributed by atoms with Crippen molar-refractivity contribution in [1.29, 1.82) is 0 Å². The van der Waals surface area contributed by atoms with Gasteiger partial charge in [-0.2, -0.15) is 5.10 Å². The molecule has 2 N–H and O–H groups in total. The minimum atomic E-state index is -0.221. The molecule has 1 aromatic rings. The molecule has 20 heavy (non-hydrogen) atoms. The van der Waals surface area contributed by atoms with Crippen LogP contribution in [0.15, 0.2) is 15.5 Å². The molecule has 0 aliphatic carbocycles. The van der Waals surface area contributed by atoms with Crippen molar-refractivity contribution in [1.82, 2.24) is 14.7 Å². The molecule has 7 heteroatoms. The Labute approximate surface area is 126 Å². The molecule has 0 radical (unpaired) electrons. The average molecular weight is 345 g/mol. The first-order valence-corrected chi connectivity index (χ1v) is 7.73. The molecule has 112 valence electrons. The summed E-state index contributed by atoms with van der Waals surface area (Å²) in [4.78, 5) is 14.3. The van der Waals surface area contributed by atoms with E-state index in [4.69, 9.17) is 5.11 Å². The quantitative estimate of drug-likeness (QED) is 0.830. The Balaban J connectivity index is 2.02. The van der Waals surface area contributed by atoms with Crippen LogP contribution in [0.5, 0.6) is 0 Å². The monoisotopic (exact) mass is 344 g/mol. The van der Waals surface area contributed by atoms with Crippen molar-refractivity contribution < 1.29 is 5.11 Å². The zero-order chi connectivity index (χ0) is 14.5. The second-order valence-electron chi connectivity index (χ2n) is 5.14. The van der Waals surface area contributed by atoms with Crippen LogP contribution in [0.25, 0.3) is 0 Å². The standard InChI is InChI=1S/C13H21BrN4O2/c1-17-5-3-2-4-10(17)8-15-11-9-16-18(6-7-19)13(20)12(11)14/h9-10,15,19H,2-8H2,1H3. The molecular formula is C13H21BrN4O2. The number of likely N-dealkylation sites (N-methyl/N-ethyl adjacent to an activating group) is 1. The van der Waals surface area contributed by atoms with Crippen LogP contribution in [0.3, 0.4) is 0 Å². The van der Waals surface area contributed by atoms with Gasteiger partial charge < -0.3 is 15.3 Å². The van der Waals surface area contributed by atoms with Gasteiger partial charge in [0.25, 0.3) is 5.56 Å². The van der Waals surface area contributed by atoms with Crippen LogP contribution in [0.2, 0.25) is 0 Å². The summed E-state index contributed by atoms with van der Waals surface area (Å²) in [6, 6.07) is 0.496. The van der Waals surface area contributed by atoms with E-state index in [0.717, 1.165) is 13.1 Å². The van der Waals surface area contributed by atoms with Gasteiger partial charge in [-0.3, -0.25) is 4.79 Å². The lowest BCUT2D eigenvalue weighted by Crippen LogP contribution is -2.41. The molecule has 2 heterocycles. The fourth-order valence-corrected chi connectivity index (χ4v) is 2.92. The number of piperidine rings is 1. The van der Waals surface area contributed by atoms with Gasteiger partial charge in [0.05, 0.1) is 25.0 Å². The van der Waals surface area contributed by atoms with Crippen LogP contribution < -0.4 is 10.9 Å². The van der Waals surface area contributed by atoms with Gasteiger partial charge in [0, 0.05) is 12.6 Å². The van der Waals surface area contributed by atoms with Crippen molar-refractivity contribution >= 4 is 21.6 Å². The highest BCUT2D eigenvalue weighted by Crippen LogP contribution is 2.19. The Morgan fingerprint density at radius 3 is 3.05 bits per heavy atom. The normalized spacial score (nSPS) is 20.1. The summed E-state index contributed by atoms with van der Waals surface area (Å²) < 4.78 is 1.72. The van der Waals surface area contributed by atoms with Crippen LogP contribution >= 0.6 is 15.9 Å². The zero-order valence-corrected chi connectivity index (χ0v) is 13.3. The van der Waals surface area contributed by atoms with Crippen LogP contribution in [0.4, 0.5) is 5.69 Å². The Hall–Kier alpha value is -0.920. The first kappa shape index (κ1) is 15.5. The van der Waals surface area contributed by atoms with E-state index in [-0.39, 0.29) is 18.7 Å². The van der Waals surface area contributed by atoms with E-state index in [1.807, 2.05) is 0 Å². The van der Waals surface area contributed by atoms with Gasteiger partial charge in [-0.15, -0.1) is 0 Å². The maximum atomic E-state index is 12.0. The number of nitrogens with one attached hydrogen (secondary N) is 1. The minimum absolute atomic E-state index is 0.0982. The summed E-state index contributed by atoms with van der Waals surface area (Å²) in [6.07, 6.45) is 5.32. The Bertz CT molecular complexity index is 506. The molecule has 0 amide bonds. The van der Waals surface area contributed by atoms with Gasteiger partial charge in [-0.1, -0.05) is 6.42 Å². The van der Waals surface area contributed by atoms with Crippen LogP contribution in [-0.4, -0.2) is 52.6 Å². The number of aliphatic hydroxyl groups is 1. The average Bonchev–Trinajstić information content (AvgIpc) is 2.45. The summed E-state index contributed by atoms with van der Waals surface area (Å²) in [5.74, 6) is 0. The lowest BCUT2D eigenvalue weighted by Gasteiger charge is -2.32. The largest absolute Gasteiger partial charge is 0.394 e. The minimum Gasteiger partial charge on any atom is -0.394 e. The Morgan fingerprint density at radius 1 is 1.55 bits per heavy atom. The van der Waals surface area contributed by atoms with E-state index in [9.17, 15) is 4.79 Å². The third-order valence-corrected chi connectivity index (χ3v) is 4.51. The number of aliphatic hydroxyl groups excluding tert-OH is 1. The van der Waals surface area contributed by atoms with E-state index in [1.54, 1.807) is 6.20 Å². The van der Waals surface area contributed by atoms with Crippen molar-refractivity contribution in [3.05, 3.63) is 21.0 Å². The van der Waals surface area contributed by atoms with Crippen LogP contribution in [0, 0.1) is 0 Å². The van der Waals surface area contributed by atoms with Crippen molar-refractivity contribution in [2.24, 2.45) is 0 Å². The van der Waals surface area contributed by atoms with Gasteiger partial charge >= 0.3 is 0 Å². The van der Waals surface area contributed by atoms with Crippen molar-refractivity contribution in [2.45, 2.75) is 31.8 Å². The fourth-order valence-electron chi connectivity index (χ4n) is 2.47. The smallest absolute Gasteiger partial charge is 0.283 e. The van der Waals surface area contributed by atoms with Gasteiger partial charge in [0.2, 0.25) is 0 Å². The van der Waals surface area contributed by atoms with E-state index < -0.39 is 0 Å². The topological polar surface area (TPSA) is 70.4 Å². The molecule has 1 atom stereocenters. The number of likely N-dealkylation sites (tertiary alicyclic amines) is 1. The SMILES string of the molecule is CN1CCCCC1CNc1cnn(CCO)c(=O)c1Br. The molecule has 1 unspecified atom stereocenters. The van der Waals surface area contributed by atoms with Crippen molar-refractivity contribution in [3.63, 3.8) is 0 Å². The molecule has 1 aromatic heterocycles. The molecule has 0 spiro atoms. The summed E-state index contributed by atoms with van der Waals surface area (Å²) in [5.41, 5.74) is 0.490. The lowest BCUT2D eigenvalue weighted by molar-refractivity contribution is 0.194. The molecule has 1 saturated heterocycles. The van der Waals surface area contributed by atoms with Gasteiger partial charge in [-0.25, -0.2) is 4.68 Å². The number of aromatic nitrogens is 2. The highest BCUT2D eigenvalue weighted by atomic mass is 79.9. The molecule has 1 aliphatic heterocycles.